The van der Waals surface area contributed by atoms with Gasteiger partial charge in [-0.05, 0) is 24.5 Å². The van der Waals surface area contributed by atoms with E-state index in [1.165, 1.54) is 12.8 Å². The van der Waals surface area contributed by atoms with Crippen molar-refractivity contribution in [2.75, 3.05) is 0 Å². The number of hydrogen-bond donors (Lipinski definition) is 2. The van der Waals surface area contributed by atoms with Gasteiger partial charge in [-0.1, -0.05) is 49.9 Å². The van der Waals surface area contributed by atoms with E-state index in [2.05, 4.69) is 12.3 Å². The molecule has 0 spiro atoms. The van der Waals surface area contributed by atoms with Crippen LogP contribution in [-0.2, 0) is 6.42 Å². The Labute approximate surface area is 107 Å². The second-order valence-electron chi connectivity index (χ2n) is 4.28. The number of nitrogens with two attached hydrogens (primary N) is 1. The Morgan fingerprint density at radius 1 is 1.41 bits per heavy atom. The second kappa shape index (κ2) is 7.64. The Morgan fingerprint density at radius 3 is 2.82 bits per heavy atom. The first-order valence-corrected chi connectivity index (χ1v) is 6.45. The molecule has 0 heterocycles. The fraction of sp³-hybridized carbons (Fsp3) is 0.538. The highest BCUT2D eigenvalue weighted by Crippen LogP contribution is 2.20. The van der Waals surface area contributed by atoms with Crippen molar-refractivity contribution in [1.29, 1.82) is 0 Å². The molecule has 1 aromatic carbocycles. The lowest BCUT2D eigenvalue weighted by Gasteiger charge is -2.16. The first-order chi connectivity index (χ1) is 8.19. The van der Waals surface area contributed by atoms with Crippen LogP contribution in [0.2, 0.25) is 5.02 Å². The molecule has 0 radical (unpaired) electrons. The zero-order valence-corrected chi connectivity index (χ0v) is 10.9. The molecule has 0 aliphatic carbocycles. The minimum Gasteiger partial charge on any atom is -0.271 e. The normalized spacial score (nSPS) is 12.7. The van der Waals surface area contributed by atoms with E-state index in [0.717, 1.165) is 12.8 Å². The highest BCUT2D eigenvalue weighted by atomic mass is 35.5. The Hall–Kier alpha value is -0.640. The van der Waals surface area contributed by atoms with E-state index < -0.39 is 0 Å². The third kappa shape index (κ3) is 4.62. The fourth-order valence-corrected chi connectivity index (χ4v) is 2.05. The summed E-state index contributed by atoms with van der Waals surface area (Å²) in [4.78, 5) is 0. The molecular formula is C13H20ClFN2. The van der Waals surface area contributed by atoms with Gasteiger partial charge < -0.3 is 0 Å². The molecule has 1 unspecified atom stereocenters. The molecule has 0 bridgehead atoms. The van der Waals surface area contributed by atoms with Crippen LogP contribution in [0.15, 0.2) is 18.2 Å². The molecule has 0 saturated carbocycles. The summed E-state index contributed by atoms with van der Waals surface area (Å²) in [6, 6.07) is 5.18. The standard InChI is InChI=1S/C13H20ClFN2/c1-2-3-4-7-11(17-16)9-10-6-5-8-12(14)13(10)15/h5-6,8,11,17H,2-4,7,9,16H2,1H3. The monoisotopic (exact) mass is 258 g/mol. The van der Waals surface area contributed by atoms with Crippen molar-refractivity contribution < 1.29 is 4.39 Å². The van der Waals surface area contributed by atoms with Gasteiger partial charge in [-0.25, -0.2) is 4.39 Å². The highest BCUT2D eigenvalue weighted by molar-refractivity contribution is 6.30. The summed E-state index contributed by atoms with van der Waals surface area (Å²) in [5.41, 5.74) is 3.37. The van der Waals surface area contributed by atoms with Crippen molar-refractivity contribution >= 4 is 11.6 Å². The SMILES string of the molecule is CCCCCC(Cc1cccc(Cl)c1F)NN. The van der Waals surface area contributed by atoms with Gasteiger partial charge in [-0.2, -0.15) is 0 Å². The lowest BCUT2D eigenvalue weighted by Crippen LogP contribution is -2.36. The molecule has 1 rings (SSSR count). The van der Waals surface area contributed by atoms with Crippen LogP contribution >= 0.6 is 11.6 Å². The van der Waals surface area contributed by atoms with Crippen LogP contribution in [-0.4, -0.2) is 6.04 Å². The summed E-state index contributed by atoms with van der Waals surface area (Å²) in [7, 11) is 0. The van der Waals surface area contributed by atoms with Crippen molar-refractivity contribution in [2.45, 2.75) is 45.1 Å². The van der Waals surface area contributed by atoms with Crippen LogP contribution < -0.4 is 11.3 Å². The van der Waals surface area contributed by atoms with Gasteiger partial charge in [0.15, 0.2) is 0 Å². The van der Waals surface area contributed by atoms with Crippen molar-refractivity contribution in [3.63, 3.8) is 0 Å². The summed E-state index contributed by atoms with van der Waals surface area (Å²) in [5, 5.41) is 0.173. The summed E-state index contributed by atoms with van der Waals surface area (Å²) in [6.07, 6.45) is 4.98. The second-order valence-corrected chi connectivity index (χ2v) is 4.68. The lowest BCUT2D eigenvalue weighted by atomic mass is 10.0. The van der Waals surface area contributed by atoms with Gasteiger partial charge in [-0.15, -0.1) is 0 Å². The Morgan fingerprint density at radius 2 is 2.18 bits per heavy atom. The molecule has 3 N–H and O–H groups in total. The van der Waals surface area contributed by atoms with E-state index in [4.69, 9.17) is 17.4 Å². The van der Waals surface area contributed by atoms with Crippen molar-refractivity contribution in [3.05, 3.63) is 34.6 Å². The zero-order valence-electron chi connectivity index (χ0n) is 10.2. The minimum atomic E-state index is -0.329. The topological polar surface area (TPSA) is 38.0 Å². The molecule has 0 aliphatic heterocycles. The van der Waals surface area contributed by atoms with E-state index in [9.17, 15) is 4.39 Å². The first kappa shape index (κ1) is 14.4. The number of halogens is 2. The average Bonchev–Trinajstić information content (AvgIpc) is 2.33. The quantitative estimate of drug-likeness (QED) is 0.447. The van der Waals surface area contributed by atoms with Crippen LogP contribution in [0.25, 0.3) is 0 Å². The molecule has 0 amide bonds. The number of benzene rings is 1. The van der Waals surface area contributed by atoms with Gasteiger partial charge in [0.2, 0.25) is 0 Å². The molecule has 0 aliphatic rings. The lowest BCUT2D eigenvalue weighted by molar-refractivity contribution is 0.458. The molecule has 17 heavy (non-hydrogen) atoms. The number of hydrazine groups is 1. The van der Waals surface area contributed by atoms with Crippen molar-refractivity contribution in [3.8, 4) is 0 Å². The third-order valence-electron chi connectivity index (χ3n) is 2.89. The predicted molar refractivity (Wildman–Crippen MR) is 70.4 cm³/mol. The number of hydrogen-bond acceptors (Lipinski definition) is 2. The van der Waals surface area contributed by atoms with Crippen molar-refractivity contribution in [2.24, 2.45) is 5.84 Å². The van der Waals surface area contributed by atoms with E-state index in [0.29, 0.717) is 12.0 Å². The average molecular weight is 259 g/mol. The van der Waals surface area contributed by atoms with Gasteiger partial charge >= 0.3 is 0 Å². The molecule has 0 fully saturated rings. The maximum Gasteiger partial charge on any atom is 0.145 e. The van der Waals surface area contributed by atoms with E-state index in [1.54, 1.807) is 18.2 Å². The fourth-order valence-electron chi connectivity index (χ4n) is 1.86. The van der Waals surface area contributed by atoms with Gasteiger partial charge in [0.05, 0.1) is 5.02 Å². The molecular weight excluding hydrogens is 239 g/mol. The molecule has 96 valence electrons. The molecule has 1 atom stereocenters. The van der Waals surface area contributed by atoms with E-state index >= 15 is 0 Å². The maximum atomic E-state index is 13.7. The molecule has 0 aromatic heterocycles. The first-order valence-electron chi connectivity index (χ1n) is 6.08. The maximum absolute atomic E-state index is 13.7. The predicted octanol–water partition coefficient (Wildman–Crippen LogP) is 3.43. The summed E-state index contributed by atoms with van der Waals surface area (Å²) < 4.78 is 13.7. The third-order valence-corrected chi connectivity index (χ3v) is 3.18. The van der Waals surface area contributed by atoms with Crippen LogP contribution in [0.3, 0.4) is 0 Å². The van der Waals surface area contributed by atoms with Crippen LogP contribution in [0.4, 0.5) is 4.39 Å². The largest absolute Gasteiger partial charge is 0.271 e. The summed E-state index contributed by atoms with van der Waals surface area (Å²) in [5.74, 6) is 5.16. The highest BCUT2D eigenvalue weighted by Gasteiger charge is 2.12. The number of unbranched alkanes of at least 4 members (excludes halogenated alkanes) is 2. The molecule has 2 nitrogen and oxygen atoms in total. The summed E-state index contributed by atoms with van der Waals surface area (Å²) in [6.45, 7) is 2.15. The Balaban J connectivity index is 2.57. The van der Waals surface area contributed by atoms with E-state index in [1.807, 2.05) is 0 Å². The summed E-state index contributed by atoms with van der Waals surface area (Å²) >= 11 is 5.74. The smallest absolute Gasteiger partial charge is 0.145 e. The molecule has 0 saturated heterocycles. The van der Waals surface area contributed by atoms with Gasteiger partial charge in [0.25, 0.3) is 0 Å². The number of nitrogens with one attached hydrogen (secondary N) is 1. The molecule has 4 heteroatoms. The Kier molecular flexibility index (Phi) is 6.48. The van der Waals surface area contributed by atoms with Gasteiger partial charge in [0, 0.05) is 6.04 Å². The molecule has 1 aromatic rings. The van der Waals surface area contributed by atoms with E-state index in [-0.39, 0.29) is 16.9 Å². The van der Waals surface area contributed by atoms with Gasteiger partial charge in [-0.3, -0.25) is 11.3 Å². The van der Waals surface area contributed by atoms with Gasteiger partial charge in [0.1, 0.15) is 5.82 Å². The zero-order chi connectivity index (χ0) is 12.7. The van der Waals surface area contributed by atoms with Crippen molar-refractivity contribution in [1.82, 2.24) is 5.43 Å². The number of rotatable bonds is 7. The van der Waals surface area contributed by atoms with Crippen LogP contribution in [0.5, 0.6) is 0 Å². The van der Waals surface area contributed by atoms with Crippen LogP contribution in [0.1, 0.15) is 38.2 Å². The minimum absolute atomic E-state index is 0.106. The van der Waals surface area contributed by atoms with Crippen LogP contribution in [0, 0.1) is 5.82 Å². The Bertz CT molecular complexity index is 344.